The summed E-state index contributed by atoms with van der Waals surface area (Å²) in [4.78, 5) is 22.6. The van der Waals surface area contributed by atoms with E-state index < -0.39 is 4.92 Å². The molecule has 0 heterocycles. The fourth-order valence-corrected chi connectivity index (χ4v) is 2.86. The smallest absolute Gasteiger partial charge is 0.293 e. The first-order valence-electron chi connectivity index (χ1n) is 7.80. The van der Waals surface area contributed by atoms with E-state index in [-0.39, 0.29) is 23.7 Å². The number of carbonyl (C=O) groups excluding carboxylic acids is 1. The third-order valence-corrected chi connectivity index (χ3v) is 4.14. The Balaban J connectivity index is 1.84. The molecule has 1 amide bonds. The van der Waals surface area contributed by atoms with Crippen LogP contribution in [0.4, 0.5) is 11.4 Å². The second-order valence-electron chi connectivity index (χ2n) is 5.71. The average molecular weight is 407 g/mol. The first-order chi connectivity index (χ1) is 11.9. The van der Waals surface area contributed by atoms with Gasteiger partial charge in [0, 0.05) is 12.5 Å². The highest BCUT2D eigenvalue weighted by molar-refractivity contribution is 9.10. The summed E-state index contributed by atoms with van der Waals surface area (Å²) in [5, 5.41) is 13.6. The molecule has 2 aromatic rings. The zero-order valence-electron chi connectivity index (χ0n) is 14.0. The molecule has 0 aliphatic rings. The van der Waals surface area contributed by atoms with E-state index in [2.05, 4.69) is 21.2 Å². The second-order valence-corrected chi connectivity index (χ2v) is 6.57. The van der Waals surface area contributed by atoms with Gasteiger partial charge in [-0.25, -0.2) is 0 Å². The van der Waals surface area contributed by atoms with Crippen molar-refractivity contribution in [1.82, 2.24) is 0 Å². The highest BCUT2D eigenvalue weighted by atomic mass is 79.9. The van der Waals surface area contributed by atoms with Gasteiger partial charge in [0.05, 0.1) is 16.0 Å². The Bertz CT molecular complexity index is 793. The number of hydrogen-bond acceptors (Lipinski definition) is 4. The Morgan fingerprint density at radius 1 is 1.20 bits per heavy atom. The Kier molecular flexibility index (Phi) is 6.52. The van der Waals surface area contributed by atoms with Crippen molar-refractivity contribution in [3.05, 3.63) is 62.1 Å². The molecule has 0 atom stereocenters. The van der Waals surface area contributed by atoms with Gasteiger partial charge in [-0.05, 0) is 65.5 Å². The molecule has 0 spiro atoms. The van der Waals surface area contributed by atoms with Crippen LogP contribution in [-0.2, 0) is 4.79 Å². The van der Waals surface area contributed by atoms with Crippen molar-refractivity contribution in [2.45, 2.75) is 26.7 Å². The van der Waals surface area contributed by atoms with Gasteiger partial charge in [0.15, 0.2) is 0 Å². The molecule has 0 saturated carbocycles. The normalized spacial score (nSPS) is 10.4. The van der Waals surface area contributed by atoms with Crippen LogP contribution in [0, 0.1) is 24.0 Å². The average Bonchev–Trinajstić information content (AvgIpc) is 2.54. The number of nitrogens with one attached hydrogen (secondary N) is 1. The lowest BCUT2D eigenvalue weighted by Gasteiger charge is -2.09. The number of nitro groups is 1. The molecule has 2 rings (SSSR count). The van der Waals surface area contributed by atoms with Crippen molar-refractivity contribution in [3.8, 4) is 5.75 Å². The Labute approximate surface area is 154 Å². The number of anilines is 1. The van der Waals surface area contributed by atoms with Crippen LogP contribution >= 0.6 is 15.9 Å². The van der Waals surface area contributed by atoms with Gasteiger partial charge < -0.3 is 10.1 Å². The molecule has 0 aliphatic heterocycles. The first-order valence-corrected chi connectivity index (χ1v) is 8.60. The number of ether oxygens (including phenoxy) is 1. The van der Waals surface area contributed by atoms with Crippen LogP contribution in [0.25, 0.3) is 0 Å². The maximum absolute atomic E-state index is 12.0. The van der Waals surface area contributed by atoms with E-state index in [1.807, 2.05) is 25.1 Å². The monoisotopic (exact) mass is 406 g/mol. The number of nitro benzene ring substituents is 1. The van der Waals surface area contributed by atoms with Crippen LogP contribution in [0.2, 0.25) is 0 Å². The Morgan fingerprint density at radius 3 is 2.56 bits per heavy atom. The third-order valence-electron chi connectivity index (χ3n) is 3.52. The van der Waals surface area contributed by atoms with Gasteiger partial charge in [0.1, 0.15) is 11.4 Å². The molecule has 0 aromatic heterocycles. The van der Waals surface area contributed by atoms with Gasteiger partial charge in [-0.1, -0.05) is 12.1 Å². The molecule has 1 N–H and O–H groups in total. The molecule has 0 aliphatic carbocycles. The van der Waals surface area contributed by atoms with Crippen LogP contribution in [0.15, 0.2) is 40.9 Å². The van der Waals surface area contributed by atoms with Gasteiger partial charge in [-0.3, -0.25) is 14.9 Å². The summed E-state index contributed by atoms with van der Waals surface area (Å²) in [7, 11) is 0. The second kappa shape index (κ2) is 8.62. The van der Waals surface area contributed by atoms with Crippen LogP contribution in [0.3, 0.4) is 0 Å². The van der Waals surface area contributed by atoms with Gasteiger partial charge in [0.2, 0.25) is 5.91 Å². The maximum atomic E-state index is 12.0. The quantitative estimate of drug-likeness (QED) is 0.407. The largest absolute Gasteiger partial charge is 0.492 e. The molecule has 0 unspecified atom stereocenters. The fourth-order valence-electron chi connectivity index (χ4n) is 2.25. The van der Waals surface area contributed by atoms with Crippen LogP contribution in [0.5, 0.6) is 5.75 Å². The molecule has 0 fully saturated rings. The fraction of sp³-hybridized carbons (Fsp3) is 0.278. The summed E-state index contributed by atoms with van der Waals surface area (Å²) < 4.78 is 6.50. The zero-order valence-corrected chi connectivity index (χ0v) is 15.6. The van der Waals surface area contributed by atoms with E-state index in [1.54, 1.807) is 19.1 Å². The number of carbonyl (C=O) groups is 1. The predicted molar refractivity (Wildman–Crippen MR) is 100 cm³/mol. The molecule has 6 nitrogen and oxygen atoms in total. The molecule has 2 aromatic carbocycles. The van der Waals surface area contributed by atoms with Gasteiger partial charge in [0.25, 0.3) is 5.69 Å². The molecule has 25 heavy (non-hydrogen) atoms. The molecule has 0 bridgehead atoms. The number of benzene rings is 2. The lowest BCUT2D eigenvalue weighted by Crippen LogP contribution is -2.14. The highest BCUT2D eigenvalue weighted by Crippen LogP contribution is 2.27. The number of nitrogens with zero attached hydrogens (tertiary/aromatic N) is 1. The highest BCUT2D eigenvalue weighted by Gasteiger charge is 2.15. The van der Waals surface area contributed by atoms with Crippen molar-refractivity contribution in [2.75, 3.05) is 11.9 Å². The Morgan fingerprint density at radius 2 is 1.88 bits per heavy atom. The predicted octanol–water partition coefficient (Wildman–Crippen LogP) is 4.77. The SMILES string of the molecule is Cc1ccc(OCCCC(=O)Nc2ccc(C)cc2[N+](=O)[O-])c(Br)c1. The number of amides is 1. The lowest BCUT2D eigenvalue weighted by molar-refractivity contribution is -0.384. The van der Waals surface area contributed by atoms with E-state index in [9.17, 15) is 14.9 Å². The van der Waals surface area contributed by atoms with Crippen molar-refractivity contribution in [3.63, 3.8) is 0 Å². The lowest BCUT2D eigenvalue weighted by atomic mass is 10.2. The van der Waals surface area contributed by atoms with Gasteiger partial charge >= 0.3 is 0 Å². The molecule has 0 radical (unpaired) electrons. The third kappa shape index (κ3) is 5.56. The minimum absolute atomic E-state index is 0.104. The van der Waals surface area contributed by atoms with E-state index in [1.165, 1.54) is 6.07 Å². The van der Waals surface area contributed by atoms with Crippen LogP contribution in [0.1, 0.15) is 24.0 Å². The standard InChI is InChI=1S/C18H19BrN2O4/c1-12-6-8-17(14(19)10-12)25-9-3-4-18(22)20-15-7-5-13(2)11-16(15)21(23)24/h5-8,10-11H,3-4,9H2,1-2H3,(H,20,22). The van der Waals surface area contributed by atoms with Crippen molar-refractivity contribution < 1.29 is 14.5 Å². The maximum Gasteiger partial charge on any atom is 0.293 e. The van der Waals surface area contributed by atoms with Gasteiger partial charge in [-0.15, -0.1) is 0 Å². The van der Waals surface area contributed by atoms with Crippen molar-refractivity contribution >= 4 is 33.2 Å². The Hall–Kier alpha value is -2.41. The zero-order chi connectivity index (χ0) is 18.4. The number of hydrogen-bond donors (Lipinski definition) is 1. The molecular weight excluding hydrogens is 388 g/mol. The van der Waals surface area contributed by atoms with E-state index >= 15 is 0 Å². The van der Waals surface area contributed by atoms with E-state index in [0.717, 1.165) is 21.3 Å². The van der Waals surface area contributed by atoms with E-state index in [0.29, 0.717) is 13.0 Å². The van der Waals surface area contributed by atoms with Crippen molar-refractivity contribution in [1.29, 1.82) is 0 Å². The molecule has 7 heteroatoms. The topological polar surface area (TPSA) is 81.5 Å². The minimum Gasteiger partial charge on any atom is -0.492 e. The van der Waals surface area contributed by atoms with Crippen LogP contribution in [-0.4, -0.2) is 17.4 Å². The summed E-state index contributed by atoms with van der Waals surface area (Å²) in [5.74, 6) is 0.443. The first kappa shape index (κ1) is 18.9. The summed E-state index contributed by atoms with van der Waals surface area (Å²) >= 11 is 3.43. The summed E-state index contributed by atoms with van der Waals surface area (Å²) in [6, 6.07) is 10.5. The number of halogens is 1. The van der Waals surface area contributed by atoms with Gasteiger partial charge in [-0.2, -0.15) is 0 Å². The number of aryl methyl sites for hydroxylation is 2. The van der Waals surface area contributed by atoms with Crippen molar-refractivity contribution in [2.24, 2.45) is 0 Å². The molecular formula is C18H19BrN2O4. The summed E-state index contributed by atoms with van der Waals surface area (Å²) in [6.45, 7) is 4.13. The summed E-state index contributed by atoms with van der Waals surface area (Å²) in [5.41, 5.74) is 2.00. The number of rotatable bonds is 7. The molecule has 132 valence electrons. The van der Waals surface area contributed by atoms with E-state index in [4.69, 9.17) is 4.74 Å². The molecule has 0 saturated heterocycles. The minimum atomic E-state index is -0.499. The van der Waals surface area contributed by atoms with Crippen LogP contribution < -0.4 is 10.1 Å². The summed E-state index contributed by atoms with van der Waals surface area (Å²) in [6.07, 6.45) is 0.723.